The number of aryl methyl sites for hydroxylation is 2. The molecule has 0 unspecified atom stereocenters. The highest BCUT2D eigenvalue weighted by Crippen LogP contribution is 2.30. The van der Waals surface area contributed by atoms with Crippen LogP contribution in [-0.4, -0.2) is 31.1 Å². The van der Waals surface area contributed by atoms with E-state index in [0.717, 1.165) is 11.3 Å². The van der Waals surface area contributed by atoms with Gasteiger partial charge >= 0.3 is 11.9 Å². The maximum atomic E-state index is 13.1. The van der Waals surface area contributed by atoms with Crippen LogP contribution in [0.4, 0.5) is 5.69 Å². The summed E-state index contributed by atoms with van der Waals surface area (Å²) in [5.74, 6) is -1.14. The molecule has 5 nitrogen and oxygen atoms in total. The first-order valence-corrected chi connectivity index (χ1v) is 8.92. The van der Waals surface area contributed by atoms with Gasteiger partial charge in [0.05, 0.1) is 11.1 Å². The summed E-state index contributed by atoms with van der Waals surface area (Å²) >= 11 is 0. The molecule has 0 spiro atoms. The summed E-state index contributed by atoms with van der Waals surface area (Å²) in [6, 6.07) is 10.6. The van der Waals surface area contributed by atoms with Gasteiger partial charge < -0.3 is 14.7 Å². The van der Waals surface area contributed by atoms with Crippen LogP contribution in [0.3, 0.4) is 0 Å². The van der Waals surface area contributed by atoms with Gasteiger partial charge in [-0.15, -0.1) is 0 Å². The van der Waals surface area contributed by atoms with Crippen molar-refractivity contribution in [1.82, 2.24) is 0 Å². The molecule has 0 radical (unpaired) electrons. The molecule has 0 atom stereocenters. The fraction of sp³-hybridized carbons (Fsp3) is 0.217. The number of carboxylic acid groups (broad SMARTS) is 1. The average Bonchev–Trinajstić information content (AvgIpc) is 2.65. The first-order chi connectivity index (χ1) is 13.3. The van der Waals surface area contributed by atoms with Gasteiger partial charge in [-0.3, -0.25) is 0 Å². The Hall–Kier alpha value is -3.34. The molecule has 2 aromatic carbocycles. The highest BCUT2D eigenvalue weighted by Gasteiger charge is 2.20. The molecule has 0 saturated carbocycles. The number of benzene rings is 2. The SMILES string of the molecule is C/C=C\C=C(/C(=O)Oc1c(C)cc(C(=O)O)cc1C)c1ccccc1N(C)C. The number of carboxylic acids is 1. The van der Waals surface area contributed by atoms with E-state index < -0.39 is 11.9 Å². The van der Waals surface area contributed by atoms with Crippen molar-refractivity contribution < 1.29 is 19.4 Å². The zero-order chi connectivity index (χ0) is 20.8. The summed E-state index contributed by atoms with van der Waals surface area (Å²) in [5.41, 5.74) is 3.42. The minimum Gasteiger partial charge on any atom is -0.478 e. The summed E-state index contributed by atoms with van der Waals surface area (Å²) in [4.78, 5) is 26.2. The van der Waals surface area contributed by atoms with Gasteiger partial charge in [0, 0.05) is 25.3 Å². The molecule has 2 aromatic rings. The van der Waals surface area contributed by atoms with Gasteiger partial charge in [-0.05, 0) is 56.2 Å². The lowest BCUT2D eigenvalue weighted by Crippen LogP contribution is -2.16. The molecule has 0 aliphatic carbocycles. The molecular formula is C23H25NO4. The molecule has 0 aliphatic heterocycles. The summed E-state index contributed by atoms with van der Waals surface area (Å²) in [6.07, 6.45) is 5.35. The molecule has 5 heteroatoms. The molecule has 0 aliphatic rings. The van der Waals surface area contributed by atoms with E-state index in [1.54, 1.807) is 26.0 Å². The summed E-state index contributed by atoms with van der Waals surface area (Å²) < 4.78 is 5.71. The number of hydrogen-bond donors (Lipinski definition) is 1. The van der Waals surface area contributed by atoms with E-state index in [0.29, 0.717) is 22.4 Å². The molecule has 2 rings (SSSR count). The van der Waals surface area contributed by atoms with Crippen molar-refractivity contribution in [3.8, 4) is 5.75 Å². The van der Waals surface area contributed by atoms with Gasteiger partial charge in [0.1, 0.15) is 5.75 Å². The second-order valence-corrected chi connectivity index (χ2v) is 6.65. The second kappa shape index (κ2) is 9.04. The number of hydrogen-bond acceptors (Lipinski definition) is 4. The number of anilines is 1. The smallest absolute Gasteiger partial charge is 0.344 e. The van der Waals surface area contributed by atoms with E-state index in [2.05, 4.69) is 0 Å². The van der Waals surface area contributed by atoms with Crippen LogP contribution in [0.2, 0.25) is 0 Å². The van der Waals surface area contributed by atoms with Crippen LogP contribution in [0.15, 0.2) is 54.6 Å². The van der Waals surface area contributed by atoms with E-state index in [1.807, 2.05) is 56.3 Å². The van der Waals surface area contributed by atoms with E-state index in [-0.39, 0.29) is 5.56 Å². The molecule has 1 N–H and O–H groups in total. The number of para-hydroxylation sites is 1. The predicted octanol–water partition coefficient (Wildman–Crippen LogP) is 4.63. The van der Waals surface area contributed by atoms with Gasteiger partial charge in [-0.1, -0.05) is 30.4 Å². The fourth-order valence-electron chi connectivity index (χ4n) is 2.93. The Morgan fingerprint density at radius 1 is 1.07 bits per heavy atom. The number of carbonyl (C=O) groups excluding carboxylic acids is 1. The van der Waals surface area contributed by atoms with E-state index in [9.17, 15) is 14.7 Å². The van der Waals surface area contributed by atoms with Crippen LogP contribution >= 0.6 is 0 Å². The summed E-state index contributed by atoms with van der Waals surface area (Å²) in [7, 11) is 3.83. The lowest BCUT2D eigenvalue weighted by Gasteiger charge is -2.19. The molecule has 0 fully saturated rings. The number of esters is 1. The van der Waals surface area contributed by atoms with Crippen molar-refractivity contribution in [2.24, 2.45) is 0 Å². The third-order valence-corrected chi connectivity index (χ3v) is 4.25. The zero-order valence-corrected chi connectivity index (χ0v) is 16.8. The number of aromatic carboxylic acids is 1. The van der Waals surface area contributed by atoms with Crippen molar-refractivity contribution >= 4 is 23.2 Å². The average molecular weight is 379 g/mol. The Kier molecular flexibility index (Phi) is 6.77. The molecule has 0 amide bonds. The molecular weight excluding hydrogens is 354 g/mol. The standard InChI is InChI=1S/C23H25NO4/c1-6-7-10-19(18-11-8-9-12-20(18)24(4)5)23(27)28-21-15(2)13-17(22(25)26)14-16(21)3/h6-14H,1-5H3,(H,25,26)/b7-6-,19-10-. The van der Waals surface area contributed by atoms with Crippen molar-refractivity contribution in [3.05, 3.63) is 76.9 Å². The van der Waals surface area contributed by atoms with Crippen molar-refractivity contribution in [3.63, 3.8) is 0 Å². The number of allylic oxidation sites excluding steroid dienone is 3. The van der Waals surface area contributed by atoms with Gasteiger partial charge in [0.25, 0.3) is 0 Å². The van der Waals surface area contributed by atoms with Crippen molar-refractivity contribution in [2.75, 3.05) is 19.0 Å². The van der Waals surface area contributed by atoms with Gasteiger partial charge in [0.2, 0.25) is 0 Å². The van der Waals surface area contributed by atoms with Crippen LogP contribution < -0.4 is 9.64 Å². The topological polar surface area (TPSA) is 66.8 Å². The quantitative estimate of drug-likeness (QED) is 0.343. The van der Waals surface area contributed by atoms with Gasteiger partial charge in [-0.2, -0.15) is 0 Å². The van der Waals surface area contributed by atoms with E-state index in [4.69, 9.17) is 4.74 Å². The maximum Gasteiger partial charge on any atom is 0.344 e. The van der Waals surface area contributed by atoms with E-state index >= 15 is 0 Å². The van der Waals surface area contributed by atoms with Crippen LogP contribution in [0, 0.1) is 13.8 Å². The molecule has 146 valence electrons. The zero-order valence-electron chi connectivity index (χ0n) is 16.8. The van der Waals surface area contributed by atoms with Crippen LogP contribution in [0.5, 0.6) is 5.75 Å². The second-order valence-electron chi connectivity index (χ2n) is 6.65. The predicted molar refractivity (Wildman–Crippen MR) is 112 cm³/mol. The molecule has 0 aromatic heterocycles. The van der Waals surface area contributed by atoms with Gasteiger partial charge in [0.15, 0.2) is 0 Å². The third kappa shape index (κ3) is 4.68. The fourth-order valence-corrected chi connectivity index (χ4v) is 2.93. The molecule has 28 heavy (non-hydrogen) atoms. The third-order valence-electron chi connectivity index (χ3n) is 4.25. The van der Waals surface area contributed by atoms with Crippen LogP contribution in [0.1, 0.15) is 34.0 Å². The summed E-state index contributed by atoms with van der Waals surface area (Å²) in [5, 5.41) is 9.19. The lowest BCUT2D eigenvalue weighted by molar-refractivity contribution is -0.128. The first kappa shape index (κ1) is 21.0. The Morgan fingerprint density at radius 3 is 2.21 bits per heavy atom. The number of carbonyl (C=O) groups is 2. The van der Waals surface area contributed by atoms with Gasteiger partial charge in [-0.25, -0.2) is 9.59 Å². The Labute approximate surface area is 165 Å². The number of ether oxygens (including phenoxy) is 1. The Bertz CT molecular complexity index is 932. The van der Waals surface area contributed by atoms with Crippen molar-refractivity contribution in [1.29, 1.82) is 0 Å². The van der Waals surface area contributed by atoms with Crippen molar-refractivity contribution in [2.45, 2.75) is 20.8 Å². The molecule has 0 heterocycles. The normalized spacial score (nSPS) is 11.5. The number of rotatable bonds is 6. The minimum atomic E-state index is -1.02. The lowest BCUT2D eigenvalue weighted by atomic mass is 10.0. The molecule has 0 bridgehead atoms. The maximum absolute atomic E-state index is 13.1. The minimum absolute atomic E-state index is 0.164. The largest absolute Gasteiger partial charge is 0.478 e. The highest BCUT2D eigenvalue weighted by atomic mass is 16.5. The molecule has 0 saturated heterocycles. The summed E-state index contributed by atoms with van der Waals surface area (Å²) in [6.45, 7) is 5.33. The van der Waals surface area contributed by atoms with Crippen LogP contribution in [0.25, 0.3) is 5.57 Å². The highest BCUT2D eigenvalue weighted by molar-refractivity contribution is 6.19. The first-order valence-electron chi connectivity index (χ1n) is 8.92. The van der Waals surface area contributed by atoms with Crippen LogP contribution in [-0.2, 0) is 4.79 Å². The Balaban J connectivity index is 2.48. The monoisotopic (exact) mass is 379 g/mol. The number of nitrogens with zero attached hydrogens (tertiary/aromatic N) is 1. The van der Waals surface area contributed by atoms with E-state index in [1.165, 1.54) is 12.1 Å². The Morgan fingerprint density at radius 2 is 1.68 bits per heavy atom.